The molecule has 0 unspecified atom stereocenters. The van der Waals surface area contributed by atoms with Crippen LogP contribution in [0.25, 0.3) is 0 Å². The zero-order valence-electron chi connectivity index (χ0n) is 16.5. The molecule has 0 radical (unpaired) electrons. The first-order chi connectivity index (χ1) is 15.7. The van der Waals surface area contributed by atoms with Gasteiger partial charge >= 0.3 is 5.97 Å². The minimum absolute atomic E-state index is 0.108. The molecule has 1 aliphatic rings. The molecule has 0 saturated heterocycles. The Morgan fingerprint density at radius 2 is 1.61 bits per heavy atom. The maximum Gasteiger partial charge on any atom is 0.343 e. The second-order valence-electron chi connectivity index (χ2n) is 6.82. The van der Waals surface area contributed by atoms with Crippen molar-refractivity contribution in [2.75, 3.05) is 10.2 Å². The maximum atomic E-state index is 13.2. The number of imide groups is 1. The number of rotatable bonds is 5. The number of anilines is 2. The van der Waals surface area contributed by atoms with Crippen molar-refractivity contribution in [3.05, 3.63) is 93.9 Å². The van der Waals surface area contributed by atoms with Gasteiger partial charge < -0.3 is 15.2 Å². The molecule has 0 aliphatic carbocycles. The fraction of sp³-hybridized carbons (Fsp3) is 0. The lowest BCUT2D eigenvalue weighted by Crippen LogP contribution is -2.32. The molecule has 0 bridgehead atoms. The molecular formula is C23H13Cl2FN2O5. The molecule has 2 N–H and O–H groups in total. The highest BCUT2D eigenvalue weighted by atomic mass is 35.5. The van der Waals surface area contributed by atoms with Crippen LogP contribution in [0, 0.1) is 5.82 Å². The van der Waals surface area contributed by atoms with Crippen molar-refractivity contribution in [3.8, 4) is 11.5 Å². The van der Waals surface area contributed by atoms with Crippen molar-refractivity contribution in [2.24, 2.45) is 0 Å². The first-order valence-electron chi connectivity index (χ1n) is 9.36. The van der Waals surface area contributed by atoms with Crippen molar-refractivity contribution in [2.45, 2.75) is 0 Å². The van der Waals surface area contributed by atoms with Gasteiger partial charge in [-0.1, -0.05) is 23.2 Å². The van der Waals surface area contributed by atoms with Crippen LogP contribution in [-0.2, 0) is 9.59 Å². The Balaban J connectivity index is 1.47. The Morgan fingerprint density at radius 1 is 0.939 bits per heavy atom. The average molecular weight is 487 g/mol. The van der Waals surface area contributed by atoms with E-state index < -0.39 is 23.6 Å². The fourth-order valence-electron chi connectivity index (χ4n) is 2.99. The highest BCUT2D eigenvalue weighted by Gasteiger charge is 2.38. The number of benzene rings is 3. The summed E-state index contributed by atoms with van der Waals surface area (Å²) in [5.41, 5.74) is 0.591. The van der Waals surface area contributed by atoms with Crippen molar-refractivity contribution in [1.29, 1.82) is 0 Å². The molecule has 0 saturated carbocycles. The summed E-state index contributed by atoms with van der Waals surface area (Å²) in [5, 5.41) is 12.2. The van der Waals surface area contributed by atoms with E-state index in [9.17, 15) is 23.9 Å². The molecule has 0 aromatic heterocycles. The van der Waals surface area contributed by atoms with Gasteiger partial charge in [0, 0.05) is 11.8 Å². The lowest BCUT2D eigenvalue weighted by atomic mass is 10.2. The molecule has 7 nitrogen and oxygen atoms in total. The largest absolute Gasteiger partial charge is 0.506 e. The molecule has 3 aromatic rings. The molecule has 4 rings (SSSR count). The Bertz CT molecular complexity index is 1310. The van der Waals surface area contributed by atoms with Gasteiger partial charge in [-0.15, -0.1) is 0 Å². The van der Waals surface area contributed by atoms with E-state index in [1.165, 1.54) is 54.6 Å². The Hall–Kier alpha value is -3.88. The van der Waals surface area contributed by atoms with Gasteiger partial charge in [-0.05, 0) is 60.7 Å². The number of ether oxygens (including phenoxy) is 1. The molecule has 10 heteroatoms. The highest BCUT2D eigenvalue weighted by molar-refractivity contribution is 6.53. The minimum Gasteiger partial charge on any atom is -0.506 e. The van der Waals surface area contributed by atoms with Crippen LogP contribution in [0.3, 0.4) is 0 Å². The number of nitrogens with zero attached hydrogens (tertiary/aromatic N) is 1. The monoisotopic (exact) mass is 486 g/mol. The zero-order chi connectivity index (χ0) is 23.7. The summed E-state index contributed by atoms with van der Waals surface area (Å²) in [6, 6.07) is 14.7. The number of phenolic OH excluding ortho intramolecular Hbond substituents is 1. The van der Waals surface area contributed by atoms with E-state index in [0.29, 0.717) is 5.69 Å². The van der Waals surface area contributed by atoms with E-state index in [1.54, 1.807) is 0 Å². The maximum absolute atomic E-state index is 13.2. The number of carbonyl (C=O) groups is 3. The number of aromatic hydroxyl groups is 1. The van der Waals surface area contributed by atoms with Crippen LogP contribution in [0.1, 0.15) is 10.4 Å². The normalized spacial score (nSPS) is 13.5. The quantitative estimate of drug-likeness (QED) is 0.304. The number of phenols is 1. The zero-order valence-corrected chi connectivity index (χ0v) is 18.0. The second kappa shape index (κ2) is 8.93. The molecule has 1 aliphatic heterocycles. The predicted octanol–water partition coefficient (Wildman–Crippen LogP) is 4.84. The van der Waals surface area contributed by atoms with Crippen LogP contribution in [0.4, 0.5) is 15.8 Å². The standard InChI is InChI=1S/C23H13Cl2FN2O5/c24-17-10-9-16(11-18(17)29)33-23(32)12-1-5-14(6-2-12)27-20-19(25)21(30)28(22(20)31)15-7-3-13(26)4-8-15/h1-11,27,29H. The van der Waals surface area contributed by atoms with E-state index in [4.69, 9.17) is 27.9 Å². The van der Waals surface area contributed by atoms with Crippen molar-refractivity contribution < 1.29 is 28.6 Å². The van der Waals surface area contributed by atoms with Crippen molar-refractivity contribution in [3.63, 3.8) is 0 Å². The van der Waals surface area contributed by atoms with E-state index in [1.807, 2.05) is 0 Å². The van der Waals surface area contributed by atoms with Gasteiger partial charge in [-0.2, -0.15) is 0 Å². The SMILES string of the molecule is O=C(Oc1ccc(Cl)c(O)c1)c1ccc(NC2=C(Cl)C(=O)N(c3ccc(F)cc3)C2=O)cc1. The number of hydrogen-bond acceptors (Lipinski definition) is 6. The number of esters is 1. The summed E-state index contributed by atoms with van der Waals surface area (Å²) >= 11 is 11.8. The van der Waals surface area contributed by atoms with Gasteiger partial charge in [-0.3, -0.25) is 9.59 Å². The van der Waals surface area contributed by atoms with Crippen molar-refractivity contribution >= 4 is 52.4 Å². The molecule has 0 fully saturated rings. The van der Waals surface area contributed by atoms with Crippen LogP contribution in [0.15, 0.2) is 77.5 Å². The Morgan fingerprint density at radius 3 is 2.24 bits per heavy atom. The Kier molecular flexibility index (Phi) is 6.04. The number of hydrogen-bond donors (Lipinski definition) is 2. The van der Waals surface area contributed by atoms with Gasteiger partial charge in [0.25, 0.3) is 11.8 Å². The third-order valence-electron chi connectivity index (χ3n) is 4.63. The molecule has 2 amide bonds. The summed E-state index contributed by atoms with van der Waals surface area (Å²) in [4.78, 5) is 38.4. The lowest BCUT2D eigenvalue weighted by Gasteiger charge is -2.15. The lowest BCUT2D eigenvalue weighted by molar-refractivity contribution is -0.120. The summed E-state index contributed by atoms with van der Waals surface area (Å²) < 4.78 is 18.4. The topological polar surface area (TPSA) is 95.9 Å². The average Bonchev–Trinajstić information content (AvgIpc) is 3.00. The fourth-order valence-corrected chi connectivity index (χ4v) is 3.32. The molecule has 0 spiro atoms. The van der Waals surface area contributed by atoms with Crippen LogP contribution >= 0.6 is 23.2 Å². The molecule has 33 heavy (non-hydrogen) atoms. The number of amides is 2. The molecule has 166 valence electrons. The highest BCUT2D eigenvalue weighted by Crippen LogP contribution is 2.31. The van der Waals surface area contributed by atoms with Gasteiger partial charge in [0.15, 0.2) is 0 Å². The molecule has 1 heterocycles. The van der Waals surface area contributed by atoms with Crippen LogP contribution < -0.4 is 15.0 Å². The van der Waals surface area contributed by atoms with E-state index in [0.717, 1.165) is 17.0 Å². The summed E-state index contributed by atoms with van der Waals surface area (Å²) in [6.07, 6.45) is 0. The second-order valence-corrected chi connectivity index (χ2v) is 7.60. The molecule has 0 atom stereocenters. The first kappa shape index (κ1) is 22.3. The third-order valence-corrected chi connectivity index (χ3v) is 5.30. The first-order valence-corrected chi connectivity index (χ1v) is 10.1. The number of carbonyl (C=O) groups excluding carboxylic acids is 3. The van der Waals surface area contributed by atoms with Crippen molar-refractivity contribution in [1.82, 2.24) is 0 Å². The van der Waals surface area contributed by atoms with E-state index in [2.05, 4.69) is 5.32 Å². The summed E-state index contributed by atoms with van der Waals surface area (Å²) in [6.45, 7) is 0. The van der Waals surface area contributed by atoms with Gasteiger partial charge in [0.1, 0.15) is 28.0 Å². The van der Waals surface area contributed by atoms with Crippen LogP contribution in [0.5, 0.6) is 11.5 Å². The van der Waals surface area contributed by atoms with Gasteiger partial charge in [-0.25, -0.2) is 14.1 Å². The third kappa shape index (κ3) is 4.52. The number of nitrogens with one attached hydrogen (secondary N) is 1. The summed E-state index contributed by atoms with van der Waals surface area (Å²) in [5.74, 6) is -2.77. The van der Waals surface area contributed by atoms with Gasteiger partial charge in [0.2, 0.25) is 0 Å². The molecule has 3 aromatic carbocycles. The van der Waals surface area contributed by atoms with Crippen LogP contribution in [-0.4, -0.2) is 22.9 Å². The summed E-state index contributed by atoms with van der Waals surface area (Å²) in [7, 11) is 0. The minimum atomic E-state index is -0.748. The van der Waals surface area contributed by atoms with Crippen LogP contribution in [0.2, 0.25) is 5.02 Å². The van der Waals surface area contributed by atoms with E-state index in [-0.39, 0.29) is 38.5 Å². The smallest absolute Gasteiger partial charge is 0.343 e. The number of halogens is 3. The van der Waals surface area contributed by atoms with Gasteiger partial charge in [0.05, 0.1) is 16.3 Å². The Labute approximate surface area is 196 Å². The molecular weight excluding hydrogens is 474 g/mol. The predicted molar refractivity (Wildman–Crippen MR) is 120 cm³/mol. The van der Waals surface area contributed by atoms with E-state index >= 15 is 0 Å².